The molecule has 1 aliphatic heterocycles. The van der Waals surface area contributed by atoms with Crippen LogP contribution >= 0.6 is 23.2 Å². The predicted molar refractivity (Wildman–Crippen MR) is 120 cm³/mol. The Balaban J connectivity index is 1.50. The molecule has 3 heterocycles. The van der Waals surface area contributed by atoms with Crippen molar-refractivity contribution < 1.29 is 4.74 Å². The molecule has 0 amide bonds. The molecule has 2 aromatic heterocycles. The van der Waals surface area contributed by atoms with Gasteiger partial charge in [-0.1, -0.05) is 42.5 Å². The molecule has 0 unspecified atom stereocenters. The number of rotatable bonds is 6. The van der Waals surface area contributed by atoms with Crippen LogP contribution in [0.4, 0.5) is 11.5 Å². The number of ether oxygens (including phenoxy) is 1. The zero-order valence-electron chi connectivity index (χ0n) is 16.6. The molecule has 156 valence electrons. The lowest BCUT2D eigenvalue weighted by molar-refractivity contribution is 0.0699. The largest absolute Gasteiger partial charge is 0.382 e. The van der Waals surface area contributed by atoms with Gasteiger partial charge in [-0.3, -0.25) is 0 Å². The van der Waals surface area contributed by atoms with E-state index in [1.165, 1.54) is 32.1 Å². The first-order valence-electron chi connectivity index (χ1n) is 10.6. The molecule has 2 N–H and O–H groups in total. The Kier molecular flexibility index (Phi) is 7.11. The van der Waals surface area contributed by atoms with Crippen molar-refractivity contribution >= 4 is 34.7 Å². The zero-order chi connectivity index (χ0) is 20.1. The third kappa shape index (κ3) is 5.53. The lowest BCUT2D eigenvalue weighted by atomic mass is 9.95. The van der Waals surface area contributed by atoms with Crippen LogP contribution in [0.25, 0.3) is 11.1 Å². The number of pyridine rings is 2. The van der Waals surface area contributed by atoms with Gasteiger partial charge in [0.25, 0.3) is 0 Å². The van der Waals surface area contributed by atoms with Gasteiger partial charge in [-0.2, -0.15) is 0 Å². The van der Waals surface area contributed by atoms with Crippen LogP contribution in [0, 0.1) is 5.92 Å². The van der Waals surface area contributed by atoms with E-state index in [2.05, 4.69) is 20.6 Å². The number of hydrogen-bond acceptors (Lipinski definition) is 5. The van der Waals surface area contributed by atoms with Gasteiger partial charge in [0.05, 0.1) is 10.7 Å². The first-order chi connectivity index (χ1) is 14.2. The highest BCUT2D eigenvalue weighted by atomic mass is 35.5. The minimum Gasteiger partial charge on any atom is -0.382 e. The van der Waals surface area contributed by atoms with E-state index >= 15 is 0 Å². The normalized spacial score (nSPS) is 18.6. The average molecular weight is 435 g/mol. The Morgan fingerprint density at radius 1 is 0.966 bits per heavy atom. The molecular weight excluding hydrogens is 407 g/mol. The molecule has 0 radical (unpaired) electrons. The van der Waals surface area contributed by atoms with Crippen LogP contribution in [0.2, 0.25) is 10.2 Å². The summed E-state index contributed by atoms with van der Waals surface area (Å²) >= 11 is 12.8. The van der Waals surface area contributed by atoms with E-state index in [-0.39, 0.29) is 0 Å². The van der Waals surface area contributed by atoms with E-state index in [0.29, 0.717) is 22.1 Å². The quantitative estimate of drug-likeness (QED) is 0.543. The molecule has 1 aliphatic carbocycles. The van der Waals surface area contributed by atoms with Crippen LogP contribution < -0.4 is 10.6 Å². The fourth-order valence-electron chi connectivity index (χ4n) is 4.12. The van der Waals surface area contributed by atoms with Gasteiger partial charge in [0.2, 0.25) is 0 Å². The van der Waals surface area contributed by atoms with Crippen LogP contribution in [0.3, 0.4) is 0 Å². The highest BCUT2D eigenvalue weighted by Crippen LogP contribution is 2.33. The number of halogens is 2. The van der Waals surface area contributed by atoms with Gasteiger partial charge in [0, 0.05) is 49.3 Å². The lowest BCUT2D eigenvalue weighted by Crippen LogP contribution is -2.23. The summed E-state index contributed by atoms with van der Waals surface area (Å²) in [6.07, 6.45) is 11.9. The number of aromatic nitrogens is 2. The maximum Gasteiger partial charge on any atom is 0.152 e. The Labute approximate surface area is 182 Å². The molecular formula is C22H28Cl2N4O. The third-order valence-corrected chi connectivity index (χ3v) is 6.49. The van der Waals surface area contributed by atoms with Crippen molar-refractivity contribution in [3.05, 3.63) is 34.7 Å². The molecule has 1 saturated heterocycles. The number of nitrogens with zero attached hydrogens (tertiary/aromatic N) is 2. The van der Waals surface area contributed by atoms with Gasteiger partial charge in [-0.05, 0) is 43.7 Å². The molecule has 4 rings (SSSR count). The van der Waals surface area contributed by atoms with Gasteiger partial charge in [-0.15, -0.1) is 0 Å². The smallest absolute Gasteiger partial charge is 0.152 e. The van der Waals surface area contributed by atoms with Crippen molar-refractivity contribution in [1.29, 1.82) is 0 Å². The van der Waals surface area contributed by atoms with Crippen molar-refractivity contribution in [3.63, 3.8) is 0 Å². The van der Waals surface area contributed by atoms with E-state index in [1.807, 2.05) is 12.1 Å². The fraction of sp³-hybridized carbons (Fsp3) is 0.545. The summed E-state index contributed by atoms with van der Waals surface area (Å²) in [7, 11) is 0. The summed E-state index contributed by atoms with van der Waals surface area (Å²) in [5.74, 6) is 1.46. The van der Waals surface area contributed by atoms with Crippen LogP contribution in [-0.4, -0.2) is 35.8 Å². The summed E-state index contributed by atoms with van der Waals surface area (Å²) in [6.45, 7) is 2.54. The summed E-state index contributed by atoms with van der Waals surface area (Å²) in [5, 5.41) is 8.13. The molecule has 0 aromatic carbocycles. The molecule has 5 nitrogen and oxygen atoms in total. The number of anilines is 2. The van der Waals surface area contributed by atoms with Gasteiger partial charge in [-0.25, -0.2) is 9.97 Å². The van der Waals surface area contributed by atoms with Gasteiger partial charge < -0.3 is 15.4 Å². The number of nitrogens with one attached hydrogen (secondary N) is 2. The topological polar surface area (TPSA) is 59.1 Å². The predicted octanol–water partition coefficient (Wildman–Crippen LogP) is 6.03. The second-order valence-electron chi connectivity index (χ2n) is 8.03. The number of hydrogen-bond donors (Lipinski definition) is 2. The van der Waals surface area contributed by atoms with Gasteiger partial charge in [0.1, 0.15) is 5.82 Å². The Bertz CT molecular complexity index is 820. The average Bonchev–Trinajstić information content (AvgIpc) is 2.76. The first-order valence-corrected chi connectivity index (χ1v) is 11.3. The molecule has 0 bridgehead atoms. The second kappa shape index (κ2) is 9.96. The molecule has 0 spiro atoms. The lowest BCUT2D eigenvalue weighted by Gasteiger charge is -2.24. The Morgan fingerprint density at radius 3 is 2.55 bits per heavy atom. The SMILES string of the molecule is Clc1cnc(NC2CCCCC2)cc1-c1cnc(Cl)c(NCC2CCOCC2)c1. The van der Waals surface area contributed by atoms with Crippen molar-refractivity contribution in [2.75, 3.05) is 30.4 Å². The Morgan fingerprint density at radius 2 is 1.76 bits per heavy atom. The first kappa shape index (κ1) is 20.7. The maximum atomic E-state index is 6.48. The highest BCUT2D eigenvalue weighted by Gasteiger charge is 2.17. The fourth-order valence-corrected chi connectivity index (χ4v) is 4.50. The molecule has 2 aliphatic rings. The van der Waals surface area contributed by atoms with Gasteiger partial charge >= 0.3 is 0 Å². The summed E-state index contributed by atoms with van der Waals surface area (Å²) in [4.78, 5) is 8.86. The molecule has 2 aromatic rings. The molecule has 2 fully saturated rings. The van der Waals surface area contributed by atoms with Crippen molar-refractivity contribution in [2.24, 2.45) is 5.92 Å². The van der Waals surface area contributed by atoms with Crippen LogP contribution in [0.1, 0.15) is 44.9 Å². The summed E-state index contributed by atoms with van der Waals surface area (Å²) < 4.78 is 5.44. The standard InChI is InChI=1S/C22H28Cl2N4O/c23-19-14-26-21(28-17-4-2-1-3-5-17)11-18(19)16-10-20(22(24)27-13-16)25-12-15-6-8-29-9-7-15/h10-11,13-15,17,25H,1-9,12H2,(H,26,28). The zero-order valence-corrected chi connectivity index (χ0v) is 18.1. The summed E-state index contributed by atoms with van der Waals surface area (Å²) in [5.41, 5.74) is 2.69. The second-order valence-corrected chi connectivity index (χ2v) is 8.79. The van der Waals surface area contributed by atoms with E-state index in [4.69, 9.17) is 27.9 Å². The van der Waals surface area contributed by atoms with Crippen molar-refractivity contribution in [1.82, 2.24) is 9.97 Å². The van der Waals surface area contributed by atoms with Gasteiger partial charge in [0.15, 0.2) is 5.15 Å². The van der Waals surface area contributed by atoms with Crippen LogP contribution in [-0.2, 0) is 4.74 Å². The van der Waals surface area contributed by atoms with E-state index in [9.17, 15) is 0 Å². The maximum absolute atomic E-state index is 6.48. The minimum atomic E-state index is 0.478. The molecule has 7 heteroatoms. The third-order valence-electron chi connectivity index (χ3n) is 5.88. The van der Waals surface area contributed by atoms with Crippen LogP contribution in [0.15, 0.2) is 24.5 Å². The Hall–Kier alpha value is -1.56. The highest BCUT2D eigenvalue weighted by molar-refractivity contribution is 6.33. The van der Waals surface area contributed by atoms with Crippen molar-refractivity contribution in [3.8, 4) is 11.1 Å². The molecule has 29 heavy (non-hydrogen) atoms. The summed E-state index contributed by atoms with van der Waals surface area (Å²) in [6, 6.07) is 4.54. The minimum absolute atomic E-state index is 0.478. The molecule has 1 saturated carbocycles. The van der Waals surface area contributed by atoms with E-state index in [0.717, 1.165) is 55.2 Å². The monoisotopic (exact) mass is 434 g/mol. The van der Waals surface area contributed by atoms with Crippen molar-refractivity contribution in [2.45, 2.75) is 51.0 Å². The van der Waals surface area contributed by atoms with E-state index in [1.54, 1.807) is 12.4 Å². The van der Waals surface area contributed by atoms with E-state index < -0.39 is 0 Å². The molecule has 0 atom stereocenters. The van der Waals surface area contributed by atoms with Crippen LogP contribution in [0.5, 0.6) is 0 Å².